The summed E-state index contributed by atoms with van der Waals surface area (Å²) in [4.78, 5) is 7.26. The lowest BCUT2D eigenvalue weighted by Gasteiger charge is -2.30. The molecule has 5 nitrogen and oxygen atoms in total. The number of likely N-dealkylation sites (tertiary alicyclic amines) is 1. The Balaban J connectivity index is 0.00000363. The maximum absolute atomic E-state index is 9.77. The Kier molecular flexibility index (Phi) is 12.1. The molecule has 2 aromatic rings. The summed E-state index contributed by atoms with van der Waals surface area (Å²) in [5, 5.41) is 16.8. The standard InChI is InChI=1S/C26H38N4O.HI/c1-3-4-15-27-26(28-18-22-11-9-21(2)10-12-22)29-19-23-7-5-6-8-24(23)20-30-16-13-25(31)14-17-30;/h5-12,25,31H,3-4,13-20H2,1-2H3,(H2,27,28,29);1H. The highest BCUT2D eigenvalue weighted by molar-refractivity contribution is 14.0. The Bertz CT molecular complexity index is 817. The predicted octanol–water partition coefficient (Wildman–Crippen LogP) is 4.61. The fraction of sp³-hybridized carbons (Fsp3) is 0.500. The molecule has 0 saturated carbocycles. The average molecular weight is 551 g/mol. The molecule has 0 aromatic heterocycles. The fourth-order valence-corrected chi connectivity index (χ4v) is 3.80. The summed E-state index contributed by atoms with van der Waals surface area (Å²) in [6, 6.07) is 17.2. The number of aliphatic hydroxyl groups is 1. The minimum atomic E-state index is -0.130. The second-order valence-corrected chi connectivity index (χ2v) is 8.56. The molecule has 1 heterocycles. The van der Waals surface area contributed by atoms with Crippen molar-refractivity contribution in [2.75, 3.05) is 19.6 Å². The van der Waals surface area contributed by atoms with Crippen LogP contribution in [0.5, 0.6) is 0 Å². The Morgan fingerprint density at radius 1 is 1.03 bits per heavy atom. The SMILES string of the molecule is CCCCNC(=NCc1ccc(C)cc1)NCc1ccccc1CN1CCC(O)CC1.I. The first-order valence-electron chi connectivity index (χ1n) is 11.7. The monoisotopic (exact) mass is 550 g/mol. The largest absolute Gasteiger partial charge is 0.393 e. The normalized spacial score (nSPS) is 15.3. The minimum Gasteiger partial charge on any atom is -0.393 e. The number of piperidine rings is 1. The number of guanidine groups is 1. The van der Waals surface area contributed by atoms with Crippen LogP contribution < -0.4 is 10.6 Å². The fourth-order valence-electron chi connectivity index (χ4n) is 3.80. The van der Waals surface area contributed by atoms with Gasteiger partial charge in [0, 0.05) is 32.7 Å². The summed E-state index contributed by atoms with van der Waals surface area (Å²) in [6.07, 6.45) is 3.90. The first-order chi connectivity index (χ1) is 15.1. The average Bonchev–Trinajstić information content (AvgIpc) is 2.79. The van der Waals surface area contributed by atoms with E-state index < -0.39 is 0 Å². The molecule has 3 rings (SSSR count). The van der Waals surface area contributed by atoms with E-state index in [9.17, 15) is 5.11 Å². The van der Waals surface area contributed by atoms with Gasteiger partial charge in [0.1, 0.15) is 0 Å². The molecule has 1 aliphatic heterocycles. The first-order valence-corrected chi connectivity index (χ1v) is 11.7. The molecular weight excluding hydrogens is 511 g/mol. The van der Waals surface area contributed by atoms with Crippen molar-refractivity contribution in [2.45, 2.75) is 65.3 Å². The maximum Gasteiger partial charge on any atom is 0.191 e. The number of nitrogens with one attached hydrogen (secondary N) is 2. The number of hydrogen-bond donors (Lipinski definition) is 3. The summed E-state index contributed by atoms with van der Waals surface area (Å²) >= 11 is 0. The van der Waals surface area contributed by atoms with E-state index in [1.165, 1.54) is 22.3 Å². The van der Waals surface area contributed by atoms with Crippen molar-refractivity contribution in [3.63, 3.8) is 0 Å². The minimum absolute atomic E-state index is 0. The third-order valence-electron chi connectivity index (χ3n) is 5.88. The number of halogens is 1. The third kappa shape index (κ3) is 9.08. The zero-order valence-corrected chi connectivity index (χ0v) is 21.8. The molecule has 0 amide bonds. The van der Waals surface area contributed by atoms with Crippen LogP contribution in [0, 0.1) is 6.92 Å². The smallest absolute Gasteiger partial charge is 0.191 e. The van der Waals surface area contributed by atoms with Crippen molar-refractivity contribution in [2.24, 2.45) is 4.99 Å². The van der Waals surface area contributed by atoms with Gasteiger partial charge in [0.25, 0.3) is 0 Å². The van der Waals surface area contributed by atoms with Crippen LogP contribution in [0.15, 0.2) is 53.5 Å². The van der Waals surface area contributed by atoms with Gasteiger partial charge in [-0.2, -0.15) is 0 Å². The van der Waals surface area contributed by atoms with Gasteiger partial charge in [0.05, 0.1) is 12.6 Å². The van der Waals surface area contributed by atoms with Crippen molar-refractivity contribution in [1.29, 1.82) is 0 Å². The topological polar surface area (TPSA) is 59.9 Å². The van der Waals surface area contributed by atoms with Crippen LogP contribution in [-0.4, -0.2) is 41.7 Å². The molecule has 2 aromatic carbocycles. The van der Waals surface area contributed by atoms with E-state index in [0.717, 1.165) is 64.4 Å². The van der Waals surface area contributed by atoms with Gasteiger partial charge < -0.3 is 15.7 Å². The predicted molar refractivity (Wildman–Crippen MR) is 144 cm³/mol. The van der Waals surface area contributed by atoms with Crippen LogP contribution in [0.4, 0.5) is 0 Å². The lowest BCUT2D eigenvalue weighted by atomic mass is 10.0. The van der Waals surface area contributed by atoms with Gasteiger partial charge in [-0.05, 0) is 42.9 Å². The lowest BCUT2D eigenvalue weighted by Crippen LogP contribution is -2.38. The number of benzene rings is 2. The Morgan fingerprint density at radius 2 is 1.72 bits per heavy atom. The van der Waals surface area contributed by atoms with Gasteiger partial charge in [0.2, 0.25) is 0 Å². The molecule has 0 radical (unpaired) electrons. The number of rotatable bonds is 9. The van der Waals surface area contributed by atoms with E-state index in [2.05, 4.69) is 77.9 Å². The zero-order valence-electron chi connectivity index (χ0n) is 19.5. The third-order valence-corrected chi connectivity index (χ3v) is 5.88. The summed E-state index contributed by atoms with van der Waals surface area (Å²) in [5.41, 5.74) is 5.13. The molecular formula is C26H39IN4O. The molecule has 1 fully saturated rings. The van der Waals surface area contributed by atoms with Gasteiger partial charge in [-0.3, -0.25) is 4.90 Å². The highest BCUT2D eigenvalue weighted by atomic mass is 127. The Morgan fingerprint density at radius 3 is 2.41 bits per heavy atom. The molecule has 32 heavy (non-hydrogen) atoms. The van der Waals surface area contributed by atoms with Crippen LogP contribution in [0.25, 0.3) is 0 Å². The molecule has 176 valence electrons. The van der Waals surface area contributed by atoms with Crippen molar-refractivity contribution in [3.8, 4) is 0 Å². The Labute approximate surface area is 210 Å². The number of hydrogen-bond acceptors (Lipinski definition) is 3. The van der Waals surface area contributed by atoms with Crippen LogP contribution in [0.3, 0.4) is 0 Å². The Hall–Kier alpha value is -1.64. The van der Waals surface area contributed by atoms with Crippen molar-refractivity contribution >= 4 is 29.9 Å². The van der Waals surface area contributed by atoms with Crippen LogP contribution in [0.1, 0.15) is 54.9 Å². The van der Waals surface area contributed by atoms with Crippen LogP contribution in [0.2, 0.25) is 0 Å². The van der Waals surface area contributed by atoms with Crippen molar-refractivity contribution in [1.82, 2.24) is 15.5 Å². The van der Waals surface area contributed by atoms with Gasteiger partial charge in [0.15, 0.2) is 5.96 Å². The molecule has 0 spiro atoms. The van der Waals surface area contributed by atoms with Crippen LogP contribution >= 0.6 is 24.0 Å². The van der Waals surface area contributed by atoms with Crippen molar-refractivity contribution < 1.29 is 5.11 Å². The van der Waals surface area contributed by atoms with E-state index in [0.29, 0.717) is 6.54 Å². The molecule has 3 N–H and O–H groups in total. The molecule has 1 aliphatic rings. The number of aryl methyl sites for hydroxylation is 1. The lowest BCUT2D eigenvalue weighted by molar-refractivity contribution is 0.0791. The van der Waals surface area contributed by atoms with E-state index in [1.54, 1.807) is 0 Å². The number of unbranched alkanes of at least 4 members (excludes halogenated alkanes) is 1. The van der Waals surface area contributed by atoms with Crippen LogP contribution in [-0.2, 0) is 19.6 Å². The molecule has 6 heteroatoms. The summed E-state index contributed by atoms with van der Waals surface area (Å²) in [7, 11) is 0. The van der Waals surface area contributed by atoms with Crippen molar-refractivity contribution in [3.05, 3.63) is 70.8 Å². The van der Waals surface area contributed by atoms with E-state index in [4.69, 9.17) is 4.99 Å². The first kappa shape index (κ1) is 26.6. The van der Waals surface area contributed by atoms with E-state index in [-0.39, 0.29) is 30.1 Å². The maximum atomic E-state index is 9.77. The highest BCUT2D eigenvalue weighted by Gasteiger charge is 2.17. The number of aliphatic imine (C=N–C) groups is 1. The summed E-state index contributed by atoms with van der Waals surface area (Å²) < 4.78 is 0. The molecule has 0 bridgehead atoms. The quantitative estimate of drug-likeness (QED) is 0.185. The number of nitrogens with zero attached hydrogens (tertiary/aromatic N) is 2. The molecule has 1 saturated heterocycles. The van der Waals surface area contributed by atoms with Gasteiger partial charge in [-0.25, -0.2) is 4.99 Å². The van der Waals surface area contributed by atoms with Gasteiger partial charge in [-0.15, -0.1) is 24.0 Å². The molecule has 0 unspecified atom stereocenters. The van der Waals surface area contributed by atoms with Gasteiger partial charge in [-0.1, -0.05) is 67.4 Å². The second-order valence-electron chi connectivity index (χ2n) is 8.56. The van der Waals surface area contributed by atoms with Gasteiger partial charge >= 0.3 is 0 Å². The summed E-state index contributed by atoms with van der Waals surface area (Å²) in [6.45, 7) is 9.51. The highest BCUT2D eigenvalue weighted by Crippen LogP contribution is 2.16. The summed E-state index contributed by atoms with van der Waals surface area (Å²) in [5.74, 6) is 0.866. The molecule has 0 atom stereocenters. The van der Waals surface area contributed by atoms with E-state index >= 15 is 0 Å². The zero-order chi connectivity index (χ0) is 21.9. The second kappa shape index (κ2) is 14.5. The molecule has 0 aliphatic carbocycles. The number of aliphatic hydroxyl groups excluding tert-OH is 1. The van der Waals surface area contributed by atoms with E-state index in [1.807, 2.05) is 0 Å².